The molecule has 6 heteroatoms. The van der Waals surface area contributed by atoms with Gasteiger partial charge < -0.3 is 10.1 Å². The van der Waals surface area contributed by atoms with E-state index in [0.29, 0.717) is 12.4 Å². The van der Waals surface area contributed by atoms with Gasteiger partial charge in [-0.25, -0.2) is 9.97 Å². The number of nitrogens with zero attached hydrogens (tertiary/aromatic N) is 2. The fourth-order valence-corrected chi connectivity index (χ4v) is 2.51. The summed E-state index contributed by atoms with van der Waals surface area (Å²) in [5.74, 6) is 1.49. The molecular formula is C15H17Br2N3O. The molecule has 0 aliphatic carbocycles. The highest BCUT2D eigenvalue weighted by atomic mass is 79.9. The third kappa shape index (κ3) is 4.25. The third-order valence-electron chi connectivity index (χ3n) is 2.85. The van der Waals surface area contributed by atoms with Crippen LogP contribution in [0, 0.1) is 0 Å². The Morgan fingerprint density at radius 2 is 1.86 bits per heavy atom. The Labute approximate surface area is 141 Å². The number of methoxy groups -OCH3 is 1. The largest absolute Gasteiger partial charge is 0.378 e. The molecule has 112 valence electrons. The van der Waals surface area contributed by atoms with Gasteiger partial charge in [-0.15, -0.1) is 0 Å². The second kappa shape index (κ2) is 7.87. The number of ether oxygens (including phenoxy) is 1. The second-order valence-electron chi connectivity index (χ2n) is 4.52. The predicted octanol–water partition coefficient (Wildman–Crippen LogP) is 4.64. The highest BCUT2D eigenvalue weighted by Crippen LogP contribution is 2.28. The van der Waals surface area contributed by atoms with Crippen molar-refractivity contribution in [2.45, 2.75) is 20.0 Å². The van der Waals surface area contributed by atoms with Gasteiger partial charge in [0, 0.05) is 23.7 Å². The average molecular weight is 415 g/mol. The van der Waals surface area contributed by atoms with Crippen molar-refractivity contribution in [3.8, 4) is 11.4 Å². The summed E-state index contributed by atoms with van der Waals surface area (Å²) in [5, 5.41) is 3.32. The summed E-state index contributed by atoms with van der Waals surface area (Å²) in [4.78, 5) is 9.21. The van der Waals surface area contributed by atoms with Crippen molar-refractivity contribution in [3.05, 3.63) is 38.9 Å². The Morgan fingerprint density at radius 3 is 2.48 bits per heavy atom. The molecule has 2 aromatic rings. The Morgan fingerprint density at radius 1 is 1.14 bits per heavy atom. The van der Waals surface area contributed by atoms with E-state index in [2.05, 4.69) is 54.1 Å². The SMILES string of the molecule is CCCNc1nc(-c2ccc(Br)cc2)nc(COC)c1Br. The average Bonchev–Trinajstić information content (AvgIpc) is 2.49. The van der Waals surface area contributed by atoms with E-state index < -0.39 is 0 Å². The molecule has 0 fully saturated rings. The molecule has 21 heavy (non-hydrogen) atoms. The molecule has 1 heterocycles. The van der Waals surface area contributed by atoms with Gasteiger partial charge in [0.2, 0.25) is 0 Å². The zero-order valence-electron chi connectivity index (χ0n) is 12.0. The fraction of sp³-hybridized carbons (Fsp3) is 0.333. The summed E-state index contributed by atoms with van der Waals surface area (Å²) in [7, 11) is 1.66. The molecule has 0 aliphatic rings. The summed E-state index contributed by atoms with van der Waals surface area (Å²) in [6, 6.07) is 7.95. The first-order valence-corrected chi connectivity index (χ1v) is 8.29. The molecule has 0 spiro atoms. The van der Waals surface area contributed by atoms with Crippen LogP contribution in [-0.2, 0) is 11.3 Å². The Hall–Kier alpha value is -0.980. The van der Waals surface area contributed by atoms with Gasteiger partial charge in [0.1, 0.15) is 5.82 Å². The maximum absolute atomic E-state index is 5.22. The van der Waals surface area contributed by atoms with E-state index in [9.17, 15) is 0 Å². The molecule has 2 rings (SSSR count). The fourth-order valence-electron chi connectivity index (χ4n) is 1.81. The lowest BCUT2D eigenvalue weighted by molar-refractivity contribution is 0.181. The highest BCUT2D eigenvalue weighted by Gasteiger charge is 2.13. The van der Waals surface area contributed by atoms with Gasteiger partial charge in [-0.1, -0.05) is 35.0 Å². The van der Waals surface area contributed by atoms with Crippen LogP contribution in [-0.4, -0.2) is 23.6 Å². The number of hydrogen-bond donors (Lipinski definition) is 1. The number of benzene rings is 1. The van der Waals surface area contributed by atoms with E-state index >= 15 is 0 Å². The molecule has 0 radical (unpaired) electrons. The number of aromatic nitrogens is 2. The second-order valence-corrected chi connectivity index (χ2v) is 6.23. The molecule has 0 saturated carbocycles. The molecule has 0 saturated heterocycles. The van der Waals surface area contributed by atoms with Crippen LogP contribution in [0.15, 0.2) is 33.2 Å². The lowest BCUT2D eigenvalue weighted by Gasteiger charge is -2.12. The number of halogens is 2. The van der Waals surface area contributed by atoms with Crippen molar-refractivity contribution >= 4 is 37.7 Å². The van der Waals surface area contributed by atoms with E-state index in [1.807, 2.05) is 24.3 Å². The van der Waals surface area contributed by atoms with Crippen LogP contribution in [0.4, 0.5) is 5.82 Å². The van der Waals surface area contributed by atoms with Gasteiger partial charge in [0.05, 0.1) is 16.8 Å². The molecule has 4 nitrogen and oxygen atoms in total. The van der Waals surface area contributed by atoms with Crippen molar-refractivity contribution in [2.75, 3.05) is 19.0 Å². The molecule has 0 atom stereocenters. The van der Waals surface area contributed by atoms with Crippen molar-refractivity contribution in [1.29, 1.82) is 0 Å². The van der Waals surface area contributed by atoms with Crippen LogP contribution in [0.5, 0.6) is 0 Å². The van der Waals surface area contributed by atoms with E-state index in [1.165, 1.54) is 0 Å². The van der Waals surface area contributed by atoms with Crippen molar-refractivity contribution < 1.29 is 4.74 Å². The minimum atomic E-state index is 0.438. The number of anilines is 1. The summed E-state index contributed by atoms with van der Waals surface area (Å²) in [5.41, 5.74) is 1.81. The van der Waals surface area contributed by atoms with Gasteiger partial charge in [-0.05, 0) is 34.5 Å². The van der Waals surface area contributed by atoms with E-state index in [-0.39, 0.29) is 0 Å². The molecule has 1 aromatic heterocycles. The number of rotatable bonds is 6. The zero-order chi connectivity index (χ0) is 15.2. The summed E-state index contributed by atoms with van der Waals surface area (Å²) < 4.78 is 7.11. The van der Waals surface area contributed by atoms with Crippen molar-refractivity contribution in [1.82, 2.24) is 9.97 Å². The molecule has 0 bridgehead atoms. The van der Waals surface area contributed by atoms with E-state index in [0.717, 1.165) is 39.0 Å². The minimum absolute atomic E-state index is 0.438. The lowest BCUT2D eigenvalue weighted by atomic mass is 10.2. The van der Waals surface area contributed by atoms with E-state index in [1.54, 1.807) is 7.11 Å². The van der Waals surface area contributed by atoms with Crippen LogP contribution in [0.2, 0.25) is 0 Å². The smallest absolute Gasteiger partial charge is 0.161 e. The van der Waals surface area contributed by atoms with Gasteiger partial charge in [0.25, 0.3) is 0 Å². The molecule has 0 aliphatic heterocycles. The number of nitrogens with one attached hydrogen (secondary N) is 1. The predicted molar refractivity (Wildman–Crippen MR) is 92.4 cm³/mol. The molecular weight excluding hydrogens is 398 g/mol. The third-order valence-corrected chi connectivity index (χ3v) is 4.21. The van der Waals surface area contributed by atoms with Crippen LogP contribution in [0.3, 0.4) is 0 Å². The first-order valence-electron chi connectivity index (χ1n) is 6.70. The van der Waals surface area contributed by atoms with Crippen LogP contribution in [0.1, 0.15) is 19.0 Å². The Bertz CT molecular complexity index is 603. The van der Waals surface area contributed by atoms with Crippen molar-refractivity contribution in [2.24, 2.45) is 0 Å². The normalized spacial score (nSPS) is 10.7. The van der Waals surface area contributed by atoms with Crippen LogP contribution in [0.25, 0.3) is 11.4 Å². The summed E-state index contributed by atoms with van der Waals surface area (Å²) in [6.45, 7) is 3.42. The minimum Gasteiger partial charge on any atom is -0.378 e. The van der Waals surface area contributed by atoms with Crippen LogP contribution >= 0.6 is 31.9 Å². The maximum Gasteiger partial charge on any atom is 0.161 e. The quantitative estimate of drug-likeness (QED) is 0.747. The molecule has 0 amide bonds. The molecule has 1 aromatic carbocycles. The first-order chi connectivity index (χ1) is 10.2. The monoisotopic (exact) mass is 413 g/mol. The Balaban J connectivity index is 2.44. The highest BCUT2D eigenvalue weighted by molar-refractivity contribution is 9.11. The number of hydrogen-bond acceptors (Lipinski definition) is 4. The molecule has 1 N–H and O–H groups in total. The van der Waals surface area contributed by atoms with Gasteiger partial charge >= 0.3 is 0 Å². The lowest BCUT2D eigenvalue weighted by Crippen LogP contribution is -2.08. The maximum atomic E-state index is 5.22. The topological polar surface area (TPSA) is 47.0 Å². The van der Waals surface area contributed by atoms with E-state index in [4.69, 9.17) is 4.74 Å². The first kappa shape index (κ1) is 16.4. The van der Waals surface area contributed by atoms with Gasteiger partial charge in [-0.2, -0.15) is 0 Å². The van der Waals surface area contributed by atoms with Gasteiger partial charge in [0.15, 0.2) is 5.82 Å². The molecule has 0 unspecified atom stereocenters. The zero-order valence-corrected chi connectivity index (χ0v) is 15.2. The van der Waals surface area contributed by atoms with Gasteiger partial charge in [-0.3, -0.25) is 0 Å². The summed E-state index contributed by atoms with van der Waals surface area (Å²) in [6.07, 6.45) is 1.03. The Kier molecular flexibility index (Phi) is 6.14. The van der Waals surface area contributed by atoms with Crippen LogP contribution < -0.4 is 5.32 Å². The van der Waals surface area contributed by atoms with Crippen molar-refractivity contribution in [3.63, 3.8) is 0 Å². The standard InChI is InChI=1S/C15H17Br2N3O/c1-3-8-18-15-13(17)12(9-21-2)19-14(20-15)10-4-6-11(16)7-5-10/h4-7H,3,8-9H2,1-2H3,(H,18,19,20). The summed E-state index contributed by atoms with van der Waals surface area (Å²) >= 11 is 6.99.